The standard InChI is InChI=1S/C20H18ClFN2O4/c1-26-16-10-17(27-2)15(9-14(16)21)24-19(25)7-8-20-23-11-18(28-20)12-3-5-13(22)6-4-12/h3-6,9-11H,7-8H2,1-2H3,(H,24,25). The van der Waals surface area contributed by atoms with Crippen molar-refractivity contribution in [2.24, 2.45) is 0 Å². The Kier molecular flexibility index (Phi) is 6.16. The zero-order valence-electron chi connectivity index (χ0n) is 15.3. The minimum Gasteiger partial charge on any atom is -0.495 e. The molecule has 0 atom stereocenters. The van der Waals surface area contributed by atoms with E-state index in [2.05, 4.69) is 10.3 Å². The molecule has 0 unspecified atom stereocenters. The molecule has 3 rings (SSSR count). The van der Waals surface area contributed by atoms with Gasteiger partial charge in [0.2, 0.25) is 5.91 Å². The summed E-state index contributed by atoms with van der Waals surface area (Å²) >= 11 is 6.11. The zero-order valence-corrected chi connectivity index (χ0v) is 16.0. The van der Waals surface area contributed by atoms with Crippen LogP contribution in [0.25, 0.3) is 11.3 Å². The lowest BCUT2D eigenvalue weighted by Crippen LogP contribution is -2.13. The highest BCUT2D eigenvalue weighted by atomic mass is 35.5. The number of aromatic nitrogens is 1. The van der Waals surface area contributed by atoms with Gasteiger partial charge in [0, 0.05) is 24.5 Å². The normalized spacial score (nSPS) is 10.6. The summed E-state index contributed by atoms with van der Waals surface area (Å²) in [5.74, 6) is 1.23. The van der Waals surface area contributed by atoms with Gasteiger partial charge >= 0.3 is 0 Å². The Morgan fingerprint density at radius 2 is 1.89 bits per heavy atom. The molecular weight excluding hydrogens is 387 g/mol. The minimum atomic E-state index is -0.325. The van der Waals surface area contributed by atoms with Crippen LogP contribution in [-0.2, 0) is 11.2 Å². The number of oxazole rings is 1. The van der Waals surface area contributed by atoms with Crippen LogP contribution in [0, 0.1) is 5.82 Å². The lowest BCUT2D eigenvalue weighted by Gasteiger charge is -2.12. The third-order valence-corrected chi connectivity index (χ3v) is 4.29. The van der Waals surface area contributed by atoms with Gasteiger partial charge in [-0.2, -0.15) is 0 Å². The van der Waals surface area contributed by atoms with Crippen LogP contribution < -0.4 is 14.8 Å². The van der Waals surface area contributed by atoms with Gasteiger partial charge in [0.1, 0.15) is 17.3 Å². The second kappa shape index (κ2) is 8.75. The molecule has 0 bridgehead atoms. The van der Waals surface area contributed by atoms with Crippen molar-refractivity contribution in [1.29, 1.82) is 0 Å². The van der Waals surface area contributed by atoms with E-state index in [1.54, 1.807) is 30.5 Å². The molecule has 0 saturated heterocycles. The van der Waals surface area contributed by atoms with Crippen LogP contribution in [0.5, 0.6) is 11.5 Å². The van der Waals surface area contributed by atoms with Crippen LogP contribution in [-0.4, -0.2) is 25.1 Å². The van der Waals surface area contributed by atoms with Gasteiger partial charge < -0.3 is 19.2 Å². The fourth-order valence-electron chi connectivity index (χ4n) is 2.56. The SMILES string of the molecule is COc1cc(OC)c(NC(=O)CCc2ncc(-c3ccc(F)cc3)o2)cc1Cl. The van der Waals surface area contributed by atoms with Crippen molar-refractivity contribution in [3.8, 4) is 22.8 Å². The molecule has 0 aliphatic heterocycles. The van der Waals surface area contributed by atoms with Crippen molar-refractivity contribution in [3.63, 3.8) is 0 Å². The van der Waals surface area contributed by atoms with Crippen molar-refractivity contribution in [2.45, 2.75) is 12.8 Å². The summed E-state index contributed by atoms with van der Waals surface area (Å²) < 4.78 is 29.0. The molecular formula is C20H18ClFN2O4. The Hall–Kier alpha value is -3.06. The van der Waals surface area contributed by atoms with Gasteiger partial charge in [0.05, 0.1) is 31.1 Å². The Morgan fingerprint density at radius 1 is 1.18 bits per heavy atom. The van der Waals surface area contributed by atoms with Crippen LogP contribution in [0.1, 0.15) is 12.3 Å². The summed E-state index contributed by atoms with van der Waals surface area (Å²) in [7, 11) is 2.98. The molecule has 8 heteroatoms. The summed E-state index contributed by atoms with van der Waals surface area (Å²) in [6, 6.07) is 9.06. The third kappa shape index (κ3) is 4.61. The number of halogens is 2. The molecule has 1 aromatic heterocycles. The Balaban J connectivity index is 1.62. The van der Waals surface area contributed by atoms with E-state index in [-0.39, 0.29) is 18.1 Å². The predicted molar refractivity (Wildman–Crippen MR) is 103 cm³/mol. The molecule has 0 radical (unpaired) electrons. The minimum absolute atomic E-state index is 0.149. The largest absolute Gasteiger partial charge is 0.495 e. The Morgan fingerprint density at radius 3 is 2.57 bits per heavy atom. The summed E-state index contributed by atoms with van der Waals surface area (Å²) in [5, 5.41) is 3.11. The maximum Gasteiger partial charge on any atom is 0.224 e. The number of benzene rings is 2. The van der Waals surface area contributed by atoms with Crippen LogP contribution in [0.15, 0.2) is 47.0 Å². The fraction of sp³-hybridized carbons (Fsp3) is 0.200. The molecule has 3 aromatic rings. The van der Waals surface area contributed by atoms with Crippen molar-refractivity contribution < 1.29 is 23.1 Å². The summed E-state index contributed by atoms with van der Waals surface area (Å²) in [4.78, 5) is 16.4. The maximum absolute atomic E-state index is 13.0. The summed E-state index contributed by atoms with van der Waals surface area (Å²) in [5.41, 5.74) is 1.15. The first-order valence-corrected chi connectivity index (χ1v) is 8.80. The van der Waals surface area contributed by atoms with Crippen LogP contribution in [0.2, 0.25) is 5.02 Å². The van der Waals surface area contributed by atoms with Gasteiger partial charge in [-0.3, -0.25) is 4.79 Å². The number of methoxy groups -OCH3 is 2. The summed E-state index contributed by atoms with van der Waals surface area (Å²) in [6.07, 6.45) is 2.00. The maximum atomic E-state index is 13.0. The van der Waals surface area contributed by atoms with Crippen LogP contribution in [0.4, 0.5) is 10.1 Å². The smallest absolute Gasteiger partial charge is 0.224 e. The zero-order chi connectivity index (χ0) is 20.1. The molecule has 28 heavy (non-hydrogen) atoms. The van der Waals surface area contributed by atoms with Gasteiger partial charge in [0.25, 0.3) is 0 Å². The fourth-order valence-corrected chi connectivity index (χ4v) is 2.81. The number of amides is 1. The first-order chi connectivity index (χ1) is 13.5. The first kappa shape index (κ1) is 19.7. The average molecular weight is 405 g/mol. The lowest BCUT2D eigenvalue weighted by atomic mass is 10.2. The average Bonchev–Trinajstić information content (AvgIpc) is 3.16. The quantitative estimate of drug-likeness (QED) is 0.616. The van der Waals surface area contributed by atoms with Gasteiger partial charge in [0.15, 0.2) is 11.7 Å². The second-order valence-corrected chi connectivity index (χ2v) is 6.27. The summed E-state index contributed by atoms with van der Waals surface area (Å²) in [6.45, 7) is 0. The van der Waals surface area contributed by atoms with Gasteiger partial charge in [-0.1, -0.05) is 11.6 Å². The molecule has 1 amide bonds. The van der Waals surface area contributed by atoms with E-state index in [1.807, 2.05) is 0 Å². The van der Waals surface area contributed by atoms with E-state index in [0.717, 1.165) is 0 Å². The van der Waals surface area contributed by atoms with Crippen LogP contribution in [0.3, 0.4) is 0 Å². The van der Waals surface area contributed by atoms with Crippen molar-refractivity contribution in [1.82, 2.24) is 4.98 Å². The van der Waals surface area contributed by atoms with E-state index in [0.29, 0.717) is 45.8 Å². The number of carbonyl (C=O) groups is 1. The van der Waals surface area contributed by atoms with Crippen molar-refractivity contribution >= 4 is 23.2 Å². The van der Waals surface area contributed by atoms with Gasteiger partial charge in [-0.15, -0.1) is 0 Å². The first-order valence-electron chi connectivity index (χ1n) is 8.42. The van der Waals surface area contributed by atoms with Gasteiger partial charge in [-0.25, -0.2) is 9.37 Å². The second-order valence-electron chi connectivity index (χ2n) is 5.86. The predicted octanol–water partition coefficient (Wildman–Crippen LogP) is 4.72. The molecule has 0 fully saturated rings. The highest BCUT2D eigenvalue weighted by Crippen LogP contribution is 2.36. The molecule has 146 valence electrons. The monoisotopic (exact) mass is 404 g/mol. The van der Waals surface area contributed by atoms with Crippen molar-refractivity contribution in [3.05, 3.63) is 59.3 Å². The molecule has 6 nitrogen and oxygen atoms in total. The molecule has 0 aliphatic rings. The third-order valence-electron chi connectivity index (χ3n) is 4.00. The van der Waals surface area contributed by atoms with Crippen molar-refractivity contribution in [2.75, 3.05) is 19.5 Å². The van der Waals surface area contributed by atoms with E-state index in [4.69, 9.17) is 25.5 Å². The Labute approximate surface area is 166 Å². The topological polar surface area (TPSA) is 73.6 Å². The molecule has 1 N–H and O–H groups in total. The number of ether oxygens (including phenoxy) is 2. The number of hydrogen-bond acceptors (Lipinski definition) is 5. The number of nitrogens with zero attached hydrogens (tertiary/aromatic N) is 1. The van der Waals surface area contributed by atoms with E-state index in [9.17, 15) is 9.18 Å². The molecule has 0 saturated carbocycles. The number of nitrogens with one attached hydrogen (secondary N) is 1. The Bertz CT molecular complexity index is 973. The lowest BCUT2D eigenvalue weighted by molar-refractivity contribution is -0.116. The molecule has 2 aromatic carbocycles. The number of hydrogen-bond donors (Lipinski definition) is 1. The van der Waals surface area contributed by atoms with Crippen LogP contribution >= 0.6 is 11.6 Å². The number of carbonyl (C=O) groups excluding carboxylic acids is 1. The van der Waals surface area contributed by atoms with Gasteiger partial charge in [-0.05, 0) is 30.3 Å². The molecule has 1 heterocycles. The highest BCUT2D eigenvalue weighted by Gasteiger charge is 2.14. The molecule has 0 spiro atoms. The number of aryl methyl sites for hydroxylation is 1. The van der Waals surface area contributed by atoms with E-state index >= 15 is 0 Å². The number of anilines is 1. The highest BCUT2D eigenvalue weighted by molar-refractivity contribution is 6.32. The molecule has 0 aliphatic carbocycles. The van der Waals surface area contributed by atoms with E-state index in [1.165, 1.54) is 26.4 Å². The number of rotatable bonds is 7. The van der Waals surface area contributed by atoms with E-state index < -0.39 is 0 Å².